The predicted molar refractivity (Wildman–Crippen MR) is 57.3 cm³/mol. The Morgan fingerprint density at radius 3 is 2.79 bits per heavy atom. The summed E-state index contributed by atoms with van der Waals surface area (Å²) in [7, 11) is 4.09. The Kier molecular flexibility index (Phi) is 4.19. The van der Waals surface area contributed by atoms with E-state index >= 15 is 0 Å². The minimum Gasteiger partial charge on any atom is -0.478 e. The molecule has 14 heavy (non-hydrogen) atoms. The largest absolute Gasteiger partial charge is 0.478 e. The average Bonchev–Trinajstić information content (AvgIpc) is 2.15. The van der Waals surface area contributed by atoms with E-state index < -0.39 is 0 Å². The first-order valence-electron chi connectivity index (χ1n) is 4.67. The maximum atomic E-state index is 5.50. The van der Waals surface area contributed by atoms with Crippen LogP contribution in [0.1, 0.15) is 6.42 Å². The number of anilines is 1. The number of rotatable bonds is 5. The molecule has 1 heterocycles. The molecule has 0 radical (unpaired) electrons. The number of nitrogens with two attached hydrogens (primary N) is 1. The van der Waals surface area contributed by atoms with Crippen LogP contribution in [0.4, 0.5) is 5.69 Å². The summed E-state index contributed by atoms with van der Waals surface area (Å²) in [6.07, 6.45) is 2.60. The Bertz CT molecular complexity index is 259. The fourth-order valence-electron chi connectivity index (χ4n) is 1.03. The van der Waals surface area contributed by atoms with Crippen molar-refractivity contribution in [1.82, 2.24) is 9.88 Å². The number of nitrogens with zero attached hydrogens (tertiary/aromatic N) is 2. The number of nitrogen functional groups attached to an aromatic ring is 1. The zero-order valence-corrected chi connectivity index (χ0v) is 8.73. The van der Waals surface area contributed by atoms with Gasteiger partial charge in [-0.1, -0.05) is 0 Å². The van der Waals surface area contributed by atoms with Crippen molar-refractivity contribution in [2.24, 2.45) is 0 Å². The summed E-state index contributed by atoms with van der Waals surface area (Å²) in [5.41, 5.74) is 6.15. The molecule has 4 heteroatoms. The summed E-state index contributed by atoms with van der Waals surface area (Å²) in [5.74, 6) is 0.637. The maximum absolute atomic E-state index is 5.50. The van der Waals surface area contributed by atoms with Crippen LogP contribution in [0.15, 0.2) is 18.3 Å². The van der Waals surface area contributed by atoms with Crippen LogP contribution in [0, 0.1) is 0 Å². The van der Waals surface area contributed by atoms with Gasteiger partial charge in [-0.3, -0.25) is 0 Å². The minimum absolute atomic E-state index is 0.637. The molecule has 78 valence electrons. The van der Waals surface area contributed by atoms with E-state index in [1.807, 2.05) is 14.1 Å². The highest BCUT2D eigenvalue weighted by molar-refractivity contribution is 5.35. The fourth-order valence-corrected chi connectivity index (χ4v) is 1.03. The van der Waals surface area contributed by atoms with Crippen molar-refractivity contribution in [3.8, 4) is 5.88 Å². The second-order valence-electron chi connectivity index (χ2n) is 3.44. The Hall–Kier alpha value is -1.29. The third-order valence-corrected chi connectivity index (χ3v) is 1.76. The van der Waals surface area contributed by atoms with Gasteiger partial charge in [-0.05, 0) is 26.6 Å². The molecule has 0 saturated heterocycles. The lowest BCUT2D eigenvalue weighted by Gasteiger charge is -2.09. The van der Waals surface area contributed by atoms with Gasteiger partial charge in [0.2, 0.25) is 5.88 Å². The highest BCUT2D eigenvalue weighted by Crippen LogP contribution is 2.08. The van der Waals surface area contributed by atoms with Crippen LogP contribution in [0.25, 0.3) is 0 Å². The highest BCUT2D eigenvalue weighted by Gasteiger charge is 1.95. The van der Waals surface area contributed by atoms with Crippen LogP contribution >= 0.6 is 0 Å². The molecule has 0 aliphatic rings. The zero-order chi connectivity index (χ0) is 10.4. The molecule has 0 aliphatic carbocycles. The van der Waals surface area contributed by atoms with Crippen LogP contribution in [0.3, 0.4) is 0 Å². The summed E-state index contributed by atoms with van der Waals surface area (Å²) in [5, 5.41) is 0. The van der Waals surface area contributed by atoms with E-state index in [1.54, 1.807) is 18.3 Å². The number of aromatic nitrogens is 1. The molecule has 1 rings (SSSR count). The minimum atomic E-state index is 0.637. The van der Waals surface area contributed by atoms with Crippen molar-refractivity contribution < 1.29 is 4.74 Å². The van der Waals surface area contributed by atoms with Crippen molar-refractivity contribution in [3.63, 3.8) is 0 Å². The first-order valence-corrected chi connectivity index (χ1v) is 4.67. The SMILES string of the molecule is CN(C)CCCOc1ccc(N)cn1. The topological polar surface area (TPSA) is 51.4 Å². The van der Waals surface area contributed by atoms with Crippen LogP contribution in [0.5, 0.6) is 5.88 Å². The van der Waals surface area contributed by atoms with Gasteiger partial charge >= 0.3 is 0 Å². The van der Waals surface area contributed by atoms with Gasteiger partial charge in [0.25, 0.3) is 0 Å². The molecule has 0 amide bonds. The summed E-state index contributed by atoms with van der Waals surface area (Å²) >= 11 is 0. The van der Waals surface area contributed by atoms with E-state index in [0.717, 1.165) is 13.0 Å². The maximum Gasteiger partial charge on any atom is 0.213 e. The monoisotopic (exact) mass is 195 g/mol. The van der Waals surface area contributed by atoms with Crippen LogP contribution in [0.2, 0.25) is 0 Å². The molecule has 1 aromatic rings. The molecular formula is C10H17N3O. The van der Waals surface area contributed by atoms with Crippen LogP contribution < -0.4 is 10.5 Å². The van der Waals surface area contributed by atoms with E-state index in [9.17, 15) is 0 Å². The predicted octanol–water partition coefficient (Wildman–Crippen LogP) is 0.994. The van der Waals surface area contributed by atoms with Gasteiger partial charge in [-0.15, -0.1) is 0 Å². The van der Waals surface area contributed by atoms with Gasteiger partial charge in [0, 0.05) is 12.6 Å². The molecule has 0 bridgehead atoms. The summed E-state index contributed by atoms with van der Waals surface area (Å²) in [6.45, 7) is 1.71. The van der Waals surface area contributed by atoms with Gasteiger partial charge in [-0.25, -0.2) is 4.98 Å². The Labute approximate surface area is 84.7 Å². The standard InChI is InChI=1S/C10H17N3O/c1-13(2)6-3-7-14-10-5-4-9(11)8-12-10/h4-5,8H,3,6-7,11H2,1-2H3. The van der Waals surface area contributed by atoms with E-state index in [0.29, 0.717) is 18.2 Å². The molecule has 0 unspecified atom stereocenters. The van der Waals surface area contributed by atoms with Gasteiger partial charge in [-0.2, -0.15) is 0 Å². The van der Waals surface area contributed by atoms with Crippen molar-refractivity contribution in [3.05, 3.63) is 18.3 Å². The molecule has 4 nitrogen and oxygen atoms in total. The van der Waals surface area contributed by atoms with Crippen molar-refractivity contribution in [2.75, 3.05) is 33.0 Å². The third-order valence-electron chi connectivity index (χ3n) is 1.76. The Balaban J connectivity index is 2.21. The zero-order valence-electron chi connectivity index (χ0n) is 8.73. The second kappa shape index (κ2) is 5.44. The lowest BCUT2D eigenvalue weighted by Crippen LogP contribution is -2.15. The lowest BCUT2D eigenvalue weighted by molar-refractivity contribution is 0.273. The molecular weight excluding hydrogens is 178 g/mol. The van der Waals surface area contributed by atoms with Crippen LogP contribution in [-0.2, 0) is 0 Å². The van der Waals surface area contributed by atoms with Gasteiger partial charge < -0.3 is 15.4 Å². The molecule has 2 N–H and O–H groups in total. The fraction of sp³-hybridized carbons (Fsp3) is 0.500. The van der Waals surface area contributed by atoms with Crippen LogP contribution in [-0.4, -0.2) is 37.1 Å². The molecule has 0 saturated carbocycles. The quantitative estimate of drug-likeness (QED) is 0.712. The first-order chi connectivity index (χ1) is 6.68. The van der Waals surface area contributed by atoms with Gasteiger partial charge in [0.05, 0.1) is 18.5 Å². The van der Waals surface area contributed by atoms with Crippen molar-refractivity contribution in [1.29, 1.82) is 0 Å². The number of hydrogen-bond donors (Lipinski definition) is 1. The van der Waals surface area contributed by atoms with E-state index in [4.69, 9.17) is 10.5 Å². The summed E-state index contributed by atoms with van der Waals surface area (Å²) in [6, 6.07) is 3.57. The second-order valence-corrected chi connectivity index (χ2v) is 3.44. The molecule has 0 spiro atoms. The molecule has 1 aromatic heterocycles. The summed E-state index contributed by atoms with van der Waals surface area (Å²) in [4.78, 5) is 6.16. The van der Waals surface area contributed by atoms with Crippen molar-refractivity contribution in [2.45, 2.75) is 6.42 Å². The highest BCUT2D eigenvalue weighted by atomic mass is 16.5. The van der Waals surface area contributed by atoms with Gasteiger partial charge in [0.15, 0.2) is 0 Å². The van der Waals surface area contributed by atoms with E-state index in [1.165, 1.54) is 0 Å². The number of hydrogen-bond acceptors (Lipinski definition) is 4. The summed E-state index contributed by atoms with van der Waals surface area (Å²) < 4.78 is 5.42. The molecule has 0 atom stereocenters. The third kappa shape index (κ3) is 4.09. The van der Waals surface area contributed by atoms with E-state index in [2.05, 4.69) is 9.88 Å². The first kappa shape index (κ1) is 10.8. The molecule has 0 fully saturated rings. The smallest absolute Gasteiger partial charge is 0.213 e. The molecule has 0 aliphatic heterocycles. The molecule has 0 aromatic carbocycles. The van der Waals surface area contributed by atoms with E-state index in [-0.39, 0.29) is 0 Å². The Morgan fingerprint density at radius 1 is 1.43 bits per heavy atom. The average molecular weight is 195 g/mol. The van der Waals surface area contributed by atoms with Crippen molar-refractivity contribution >= 4 is 5.69 Å². The Morgan fingerprint density at radius 2 is 2.21 bits per heavy atom. The number of pyridine rings is 1. The number of ether oxygens (including phenoxy) is 1. The van der Waals surface area contributed by atoms with Gasteiger partial charge in [0.1, 0.15) is 0 Å². The lowest BCUT2D eigenvalue weighted by atomic mass is 10.4. The normalized spacial score (nSPS) is 10.5.